The van der Waals surface area contributed by atoms with Crippen molar-refractivity contribution in [1.82, 2.24) is 9.80 Å². The van der Waals surface area contributed by atoms with Crippen LogP contribution in [-0.4, -0.2) is 55.6 Å². The number of carbonyl (C=O) groups excluding carboxylic acids is 1. The molecule has 1 aliphatic rings. The van der Waals surface area contributed by atoms with Crippen LogP contribution in [0.5, 0.6) is 0 Å². The molecule has 0 spiro atoms. The zero-order valence-corrected chi connectivity index (χ0v) is 11.0. The Kier molecular flexibility index (Phi) is 4.33. The normalized spacial score (nSPS) is 20.7. The molecule has 0 N–H and O–H groups in total. The van der Waals surface area contributed by atoms with E-state index in [2.05, 4.69) is 17.0 Å². The maximum absolute atomic E-state index is 11.9. The number of rotatable bonds is 3. The molecule has 1 amide bonds. The minimum atomic E-state index is -0.322. The van der Waals surface area contributed by atoms with Gasteiger partial charge in [0, 0.05) is 33.7 Å². The average Bonchev–Trinajstić information content (AvgIpc) is 2.39. The van der Waals surface area contributed by atoms with Crippen molar-refractivity contribution in [1.29, 1.82) is 0 Å². The lowest BCUT2D eigenvalue weighted by Gasteiger charge is -2.33. The molecule has 1 atom stereocenters. The summed E-state index contributed by atoms with van der Waals surface area (Å²) in [4.78, 5) is 15.7. The van der Waals surface area contributed by atoms with E-state index in [0.717, 1.165) is 13.1 Å². The van der Waals surface area contributed by atoms with Crippen LogP contribution < -0.4 is 0 Å². The van der Waals surface area contributed by atoms with Gasteiger partial charge in [-0.2, -0.15) is 0 Å². The molecule has 0 bridgehead atoms. The molecule has 98 valence electrons. The van der Waals surface area contributed by atoms with Crippen molar-refractivity contribution in [3.05, 3.63) is 35.9 Å². The highest BCUT2D eigenvalue weighted by Crippen LogP contribution is 2.11. The fourth-order valence-corrected chi connectivity index (χ4v) is 2.13. The van der Waals surface area contributed by atoms with E-state index < -0.39 is 0 Å². The molecule has 18 heavy (non-hydrogen) atoms. The van der Waals surface area contributed by atoms with E-state index in [1.165, 1.54) is 5.56 Å². The van der Waals surface area contributed by atoms with Gasteiger partial charge in [0.05, 0.1) is 6.61 Å². The molecule has 4 nitrogen and oxygen atoms in total. The van der Waals surface area contributed by atoms with E-state index in [1.807, 2.05) is 18.2 Å². The highest BCUT2D eigenvalue weighted by molar-refractivity contribution is 5.80. The first kappa shape index (κ1) is 13.1. The Bertz CT molecular complexity index is 392. The Morgan fingerprint density at radius 3 is 2.78 bits per heavy atom. The number of ether oxygens (including phenoxy) is 1. The van der Waals surface area contributed by atoms with Crippen molar-refractivity contribution < 1.29 is 9.53 Å². The van der Waals surface area contributed by atoms with E-state index in [-0.39, 0.29) is 12.0 Å². The third kappa shape index (κ3) is 3.31. The van der Waals surface area contributed by atoms with E-state index in [4.69, 9.17) is 4.74 Å². The molecule has 0 radical (unpaired) electrons. The van der Waals surface area contributed by atoms with Gasteiger partial charge in [-0.15, -0.1) is 0 Å². The summed E-state index contributed by atoms with van der Waals surface area (Å²) in [7, 11) is 3.53. The summed E-state index contributed by atoms with van der Waals surface area (Å²) < 4.78 is 5.54. The SMILES string of the molecule is CN(C)C(=O)C1CN(Cc2ccccc2)CCO1. The molecule has 2 rings (SSSR count). The fourth-order valence-electron chi connectivity index (χ4n) is 2.13. The predicted octanol–water partition coefficient (Wildman–Crippen LogP) is 0.976. The monoisotopic (exact) mass is 248 g/mol. The van der Waals surface area contributed by atoms with Crippen molar-refractivity contribution in [3.8, 4) is 0 Å². The lowest BCUT2D eigenvalue weighted by Crippen LogP contribution is -2.49. The summed E-state index contributed by atoms with van der Waals surface area (Å²) in [5.74, 6) is 0.0489. The minimum Gasteiger partial charge on any atom is -0.366 e. The van der Waals surface area contributed by atoms with Gasteiger partial charge in [0.2, 0.25) is 0 Å². The summed E-state index contributed by atoms with van der Waals surface area (Å²) in [6.45, 7) is 3.05. The van der Waals surface area contributed by atoms with Gasteiger partial charge in [-0.1, -0.05) is 30.3 Å². The van der Waals surface area contributed by atoms with Crippen molar-refractivity contribution in [2.24, 2.45) is 0 Å². The number of carbonyl (C=O) groups is 1. The Morgan fingerprint density at radius 1 is 1.39 bits per heavy atom. The van der Waals surface area contributed by atoms with E-state index in [0.29, 0.717) is 13.2 Å². The predicted molar refractivity (Wildman–Crippen MR) is 70.2 cm³/mol. The van der Waals surface area contributed by atoms with Gasteiger partial charge in [0.15, 0.2) is 0 Å². The van der Waals surface area contributed by atoms with Gasteiger partial charge in [-0.25, -0.2) is 0 Å². The molecule has 1 heterocycles. The van der Waals surface area contributed by atoms with E-state index in [9.17, 15) is 4.79 Å². The molecule has 4 heteroatoms. The minimum absolute atomic E-state index is 0.0489. The first-order valence-corrected chi connectivity index (χ1v) is 6.26. The third-order valence-electron chi connectivity index (χ3n) is 3.12. The van der Waals surface area contributed by atoms with Crippen LogP contribution in [0.4, 0.5) is 0 Å². The van der Waals surface area contributed by atoms with E-state index in [1.54, 1.807) is 19.0 Å². The molecule has 0 aromatic heterocycles. The molecule has 1 fully saturated rings. The highest BCUT2D eigenvalue weighted by atomic mass is 16.5. The van der Waals surface area contributed by atoms with Crippen molar-refractivity contribution in [2.75, 3.05) is 33.8 Å². The number of nitrogens with zero attached hydrogens (tertiary/aromatic N) is 2. The van der Waals surface area contributed by atoms with Crippen molar-refractivity contribution in [3.63, 3.8) is 0 Å². The van der Waals surface area contributed by atoms with Gasteiger partial charge >= 0.3 is 0 Å². The number of amides is 1. The number of benzene rings is 1. The van der Waals surface area contributed by atoms with E-state index >= 15 is 0 Å². The van der Waals surface area contributed by atoms with Gasteiger partial charge in [0.25, 0.3) is 5.91 Å². The number of hydrogen-bond acceptors (Lipinski definition) is 3. The Morgan fingerprint density at radius 2 is 2.11 bits per heavy atom. The molecular formula is C14H20N2O2. The zero-order chi connectivity index (χ0) is 13.0. The smallest absolute Gasteiger partial charge is 0.252 e. The maximum Gasteiger partial charge on any atom is 0.252 e. The fraction of sp³-hybridized carbons (Fsp3) is 0.500. The standard InChI is InChI=1S/C14H20N2O2/c1-15(2)14(17)13-11-16(8-9-18-13)10-12-6-4-3-5-7-12/h3-7,13H,8-11H2,1-2H3. The highest BCUT2D eigenvalue weighted by Gasteiger charge is 2.27. The van der Waals surface area contributed by atoms with Gasteiger partial charge in [0.1, 0.15) is 6.10 Å². The Hall–Kier alpha value is -1.39. The summed E-state index contributed by atoms with van der Waals surface area (Å²) in [5, 5.41) is 0. The molecule has 0 saturated carbocycles. The molecule has 1 saturated heterocycles. The van der Waals surface area contributed by atoms with Crippen LogP contribution in [0.15, 0.2) is 30.3 Å². The second kappa shape index (κ2) is 5.98. The largest absolute Gasteiger partial charge is 0.366 e. The van der Waals surface area contributed by atoms with Crippen LogP contribution in [0.3, 0.4) is 0 Å². The number of morpholine rings is 1. The van der Waals surface area contributed by atoms with Gasteiger partial charge in [-0.3, -0.25) is 9.69 Å². The zero-order valence-electron chi connectivity index (χ0n) is 11.0. The summed E-state index contributed by atoms with van der Waals surface area (Å²) in [6.07, 6.45) is -0.322. The summed E-state index contributed by atoms with van der Waals surface area (Å²) >= 11 is 0. The molecular weight excluding hydrogens is 228 g/mol. The van der Waals surface area contributed by atoms with Crippen LogP contribution in [0.25, 0.3) is 0 Å². The maximum atomic E-state index is 11.9. The van der Waals surface area contributed by atoms with Crippen LogP contribution in [0, 0.1) is 0 Å². The van der Waals surface area contributed by atoms with Crippen molar-refractivity contribution in [2.45, 2.75) is 12.6 Å². The molecule has 1 unspecified atom stereocenters. The average molecular weight is 248 g/mol. The summed E-state index contributed by atoms with van der Waals surface area (Å²) in [5.41, 5.74) is 1.27. The Balaban J connectivity index is 1.93. The van der Waals surface area contributed by atoms with Crippen LogP contribution >= 0.6 is 0 Å². The second-order valence-corrected chi connectivity index (χ2v) is 4.81. The Labute approximate surface area is 108 Å². The third-order valence-corrected chi connectivity index (χ3v) is 3.12. The number of hydrogen-bond donors (Lipinski definition) is 0. The number of likely N-dealkylation sites (N-methyl/N-ethyl adjacent to an activating group) is 1. The second-order valence-electron chi connectivity index (χ2n) is 4.81. The van der Waals surface area contributed by atoms with Crippen molar-refractivity contribution >= 4 is 5.91 Å². The van der Waals surface area contributed by atoms with Crippen LogP contribution in [-0.2, 0) is 16.1 Å². The van der Waals surface area contributed by atoms with Crippen LogP contribution in [0.1, 0.15) is 5.56 Å². The van der Waals surface area contributed by atoms with Gasteiger partial charge < -0.3 is 9.64 Å². The lowest BCUT2D eigenvalue weighted by atomic mass is 10.2. The molecule has 1 aromatic carbocycles. The molecule has 1 aliphatic heterocycles. The van der Waals surface area contributed by atoms with Crippen LogP contribution in [0.2, 0.25) is 0 Å². The quantitative estimate of drug-likeness (QED) is 0.799. The molecule has 1 aromatic rings. The topological polar surface area (TPSA) is 32.8 Å². The first-order chi connectivity index (χ1) is 8.66. The van der Waals surface area contributed by atoms with Gasteiger partial charge in [-0.05, 0) is 5.56 Å². The summed E-state index contributed by atoms with van der Waals surface area (Å²) in [6, 6.07) is 10.3. The molecule has 0 aliphatic carbocycles. The first-order valence-electron chi connectivity index (χ1n) is 6.26. The lowest BCUT2D eigenvalue weighted by molar-refractivity contribution is -0.147.